The summed E-state index contributed by atoms with van der Waals surface area (Å²) >= 11 is 0. The molecule has 2 aromatic rings. The first-order valence-electron chi connectivity index (χ1n) is 6.46. The lowest BCUT2D eigenvalue weighted by molar-refractivity contribution is 0.286. The van der Waals surface area contributed by atoms with Crippen LogP contribution in [0, 0.1) is 0 Å². The molecule has 1 atom stereocenters. The molecule has 0 fully saturated rings. The van der Waals surface area contributed by atoms with Gasteiger partial charge in [0.15, 0.2) is 0 Å². The van der Waals surface area contributed by atoms with Crippen LogP contribution in [0.1, 0.15) is 18.5 Å². The zero-order valence-corrected chi connectivity index (χ0v) is 11.0. The molecule has 0 aliphatic carbocycles. The summed E-state index contributed by atoms with van der Waals surface area (Å²) in [5.41, 5.74) is 1.17. The van der Waals surface area contributed by atoms with Gasteiger partial charge in [0.25, 0.3) is 0 Å². The fourth-order valence-electron chi connectivity index (χ4n) is 1.85. The smallest absolute Gasteiger partial charge is 0.127 e. The number of benzene rings is 2. The van der Waals surface area contributed by atoms with E-state index in [1.165, 1.54) is 5.56 Å². The third-order valence-electron chi connectivity index (χ3n) is 2.92. The summed E-state index contributed by atoms with van der Waals surface area (Å²) in [4.78, 5) is 0. The van der Waals surface area contributed by atoms with Crippen molar-refractivity contribution in [3.63, 3.8) is 0 Å². The molecule has 0 heterocycles. The van der Waals surface area contributed by atoms with Crippen molar-refractivity contribution < 1.29 is 9.84 Å². The molecule has 19 heavy (non-hydrogen) atoms. The van der Waals surface area contributed by atoms with Crippen LogP contribution in [0.25, 0.3) is 0 Å². The van der Waals surface area contributed by atoms with Crippen LogP contribution < -0.4 is 10.1 Å². The van der Waals surface area contributed by atoms with Gasteiger partial charge in [0.1, 0.15) is 11.5 Å². The predicted octanol–water partition coefficient (Wildman–Crippen LogP) is 3.12. The Hall–Kier alpha value is -1.84. The highest BCUT2D eigenvalue weighted by atomic mass is 16.5. The standard InChI is InChI=1S/C16H19NO2/c1-13(17-11-12-18)14-7-9-16(10-8-14)19-15-5-3-2-4-6-15/h2-10,13,17-18H,11-12H2,1H3. The fraction of sp³-hybridized carbons (Fsp3) is 0.250. The summed E-state index contributed by atoms with van der Waals surface area (Å²) in [5, 5.41) is 12.0. The first kappa shape index (κ1) is 13.6. The summed E-state index contributed by atoms with van der Waals surface area (Å²) < 4.78 is 5.73. The molecule has 100 valence electrons. The van der Waals surface area contributed by atoms with Gasteiger partial charge in [-0.3, -0.25) is 0 Å². The van der Waals surface area contributed by atoms with Crippen molar-refractivity contribution in [3.8, 4) is 11.5 Å². The minimum atomic E-state index is 0.152. The van der Waals surface area contributed by atoms with Crippen molar-refractivity contribution >= 4 is 0 Å². The number of ether oxygens (including phenoxy) is 1. The van der Waals surface area contributed by atoms with Gasteiger partial charge in [-0.15, -0.1) is 0 Å². The summed E-state index contributed by atoms with van der Waals surface area (Å²) in [6.07, 6.45) is 0. The average Bonchev–Trinajstić information content (AvgIpc) is 2.46. The molecule has 2 N–H and O–H groups in total. The van der Waals surface area contributed by atoms with Crippen LogP contribution in [0.5, 0.6) is 11.5 Å². The molecule has 3 heteroatoms. The van der Waals surface area contributed by atoms with Gasteiger partial charge < -0.3 is 15.2 Å². The van der Waals surface area contributed by atoms with E-state index < -0.39 is 0 Å². The molecule has 2 aromatic carbocycles. The highest BCUT2D eigenvalue weighted by Crippen LogP contribution is 2.22. The zero-order chi connectivity index (χ0) is 13.5. The van der Waals surface area contributed by atoms with Crippen molar-refractivity contribution in [2.75, 3.05) is 13.2 Å². The lowest BCUT2D eigenvalue weighted by atomic mass is 10.1. The largest absolute Gasteiger partial charge is 0.457 e. The molecule has 0 bridgehead atoms. The van der Waals surface area contributed by atoms with Crippen LogP contribution in [-0.2, 0) is 0 Å². The van der Waals surface area contributed by atoms with Crippen LogP contribution in [0.2, 0.25) is 0 Å². The molecule has 0 aliphatic rings. The molecule has 0 amide bonds. The first-order chi connectivity index (χ1) is 9.29. The normalized spacial score (nSPS) is 12.1. The van der Waals surface area contributed by atoms with Gasteiger partial charge in [-0.1, -0.05) is 30.3 Å². The number of hydrogen-bond acceptors (Lipinski definition) is 3. The second kappa shape index (κ2) is 6.92. The van der Waals surface area contributed by atoms with E-state index in [2.05, 4.69) is 12.2 Å². The Morgan fingerprint density at radius 1 is 1.00 bits per heavy atom. The third kappa shape index (κ3) is 4.09. The first-order valence-corrected chi connectivity index (χ1v) is 6.46. The van der Waals surface area contributed by atoms with Gasteiger partial charge in [-0.25, -0.2) is 0 Å². The van der Waals surface area contributed by atoms with Crippen LogP contribution >= 0.6 is 0 Å². The maximum absolute atomic E-state index is 8.79. The van der Waals surface area contributed by atoms with Crippen molar-refractivity contribution in [1.29, 1.82) is 0 Å². The van der Waals surface area contributed by atoms with Crippen molar-refractivity contribution in [3.05, 3.63) is 60.2 Å². The Kier molecular flexibility index (Phi) is 4.95. The van der Waals surface area contributed by atoms with Crippen LogP contribution in [0.15, 0.2) is 54.6 Å². The molecule has 0 aromatic heterocycles. The van der Waals surface area contributed by atoms with E-state index in [0.29, 0.717) is 6.54 Å². The SMILES string of the molecule is CC(NCCO)c1ccc(Oc2ccccc2)cc1. The van der Waals surface area contributed by atoms with E-state index in [0.717, 1.165) is 11.5 Å². The number of hydrogen-bond donors (Lipinski definition) is 2. The molecule has 0 saturated heterocycles. The maximum Gasteiger partial charge on any atom is 0.127 e. The molecule has 1 unspecified atom stereocenters. The Balaban J connectivity index is 1.98. The van der Waals surface area contributed by atoms with E-state index >= 15 is 0 Å². The van der Waals surface area contributed by atoms with E-state index in [4.69, 9.17) is 9.84 Å². The van der Waals surface area contributed by atoms with Crippen molar-refractivity contribution in [2.45, 2.75) is 13.0 Å². The summed E-state index contributed by atoms with van der Waals surface area (Å²) in [5.74, 6) is 1.66. The minimum absolute atomic E-state index is 0.152. The Bertz CT molecular complexity index is 482. The van der Waals surface area contributed by atoms with Gasteiger partial charge in [0.05, 0.1) is 6.61 Å². The van der Waals surface area contributed by atoms with Crippen molar-refractivity contribution in [2.24, 2.45) is 0 Å². The highest BCUT2D eigenvalue weighted by Gasteiger charge is 2.04. The van der Waals surface area contributed by atoms with Gasteiger partial charge in [0.2, 0.25) is 0 Å². The number of nitrogens with one attached hydrogen (secondary N) is 1. The lowest BCUT2D eigenvalue weighted by Gasteiger charge is -2.14. The molecular formula is C16H19NO2. The quantitative estimate of drug-likeness (QED) is 0.835. The van der Waals surface area contributed by atoms with Gasteiger partial charge in [-0.05, 0) is 36.8 Å². The molecular weight excluding hydrogens is 238 g/mol. The average molecular weight is 257 g/mol. The lowest BCUT2D eigenvalue weighted by Crippen LogP contribution is -2.21. The summed E-state index contributed by atoms with van der Waals surface area (Å²) in [7, 11) is 0. The topological polar surface area (TPSA) is 41.5 Å². The number of para-hydroxylation sites is 1. The number of aliphatic hydroxyl groups is 1. The third-order valence-corrected chi connectivity index (χ3v) is 2.92. The van der Waals surface area contributed by atoms with E-state index in [9.17, 15) is 0 Å². The molecule has 2 rings (SSSR count). The molecule has 3 nitrogen and oxygen atoms in total. The Morgan fingerprint density at radius 3 is 2.26 bits per heavy atom. The van der Waals surface area contributed by atoms with Crippen LogP contribution in [-0.4, -0.2) is 18.3 Å². The molecule has 0 saturated carbocycles. The Labute approximate surface area is 113 Å². The summed E-state index contributed by atoms with van der Waals surface area (Å²) in [6.45, 7) is 2.83. The van der Waals surface area contributed by atoms with Crippen LogP contribution in [0.4, 0.5) is 0 Å². The monoisotopic (exact) mass is 257 g/mol. The molecule has 0 spiro atoms. The second-order valence-corrected chi connectivity index (χ2v) is 4.38. The number of aliphatic hydroxyl groups excluding tert-OH is 1. The Morgan fingerprint density at radius 2 is 1.63 bits per heavy atom. The predicted molar refractivity (Wildman–Crippen MR) is 76.5 cm³/mol. The number of rotatable bonds is 6. The van der Waals surface area contributed by atoms with E-state index in [1.54, 1.807) is 0 Å². The minimum Gasteiger partial charge on any atom is -0.457 e. The highest BCUT2D eigenvalue weighted by molar-refractivity contribution is 5.33. The second-order valence-electron chi connectivity index (χ2n) is 4.38. The van der Waals surface area contributed by atoms with E-state index in [-0.39, 0.29) is 12.6 Å². The molecule has 0 aliphatic heterocycles. The van der Waals surface area contributed by atoms with Gasteiger partial charge >= 0.3 is 0 Å². The maximum atomic E-state index is 8.79. The zero-order valence-electron chi connectivity index (χ0n) is 11.0. The molecule has 0 radical (unpaired) electrons. The van der Waals surface area contributed by atoms with E-state index in [1.807, 2.05) is 54.6 Å². The van der Waals surface area contributed by atoms with Gasteiger partial charge in [-0.2, -0.15) is 0 Å². The van der Waals surface area contributed by atoms with Gasteiger partial charge in [0, 0.05) is 12.6 Å². The van der Waals surface area contributed by atoms with Crippen LogP contribution in [0.3, 0.4) is 0 Å². The van der Waals surface area contributed by atoms with Crippen molar-refractivity contribution in [1.82, 2.24) is 5.32 Å². The fourth-order valence-corrected chi connectivity index (χ4v) is 1.85. The summed E-state index contributed by atoms with van der Waals surface area (Å²) in [6, 6.07) is 17.9.